The van der Waals surface area contributed by atoms with Crippen molar-refractivity contribution in [3.63, 3.8) is 0 Å². The van der Waals surface area contributed by atoms with E-state index in [1.54, 1.807) is 39.0 Å². The first-order valence-electron chi connectivity index (χ1n) is 8.50. The van der Waals surface area contributed by atoms with Crippen molar-refractivity contribution in [3.05, 3.63) is 64.4 Å². The minimum atomic E-state index is -3.89. The lowest BCUT2D eigenvalue weighted by atomic mass is 10.1. The summed E-state index contributed by atoms with van der Waals surface area (Å²) in [7, 11) is -3.89. The summed E-state index contributed by atoms with van der Waals surface area (Å²) in [5.74, 6) is -0.517. The molecule has 1 aliphatic heterocycles. The van der Waals surface area contributed by atoms with Gasteiger partial charge in [0.1, 0.15) is 11.4 Å². The van der Waals surface area contributed by atoms with E-state index in [0.717, 1.165) is 12.1 Å². The highest BCUT2D eigenvalue weighted by Crippen LogP contribution is 2.39. The number of fused-ring (bicyclic) bond motifs is 1. The average Bonchev–Trinajstić information content (AvgIpc) is 2.59. The smallest absolute Gasteiger partial charge is 0.415 e. The molecule has 0 bridgehead atoms. The zero-order valence-corrected chi connectivity index (χ0v) is 18.0. The van der Waals surface area contributed by atoms with Crippen molar-refractivity contribution >= 4 is 42.5 Å². The molecule has 1 heterocycles. The van der Waals surface area contributed by atoms with E-state index in [0.29, 0.717) is 15.7 Å². The van der Waals surface area contributed by atoms with Gasteiger partial charge >= 0.3 is 6.09 Å². The number of anilines is 1. The van der Waals surface area contributed by atoms with Gasteiger partial charge in [0.05, 0.1) is 15.5 Å². The van der Waals surface area contributed by atoms with Gasteiger partial charge in [-0.25, -0.2) is 17.6 Å². The minimum absolute atomic E-state index is 0.0141. The largest absolute Gasteiger partial charge is 0.443 e. The maximum absolute atomic E-state index is 13.2. The molecule has 3 rings (SSSR count). The second kappa shape index (κ2) is 7.33. The Bertz CT molecular complexity index is 1060. The van der Waals surface area contributed by atoms with E-state index >= 15 is 0 Å². The fourth-order valence-corrected chi connectivity index (χ4v) is 4.66. The molecule has 28 heavy (non-hydrogen) atoms. The van der Waals surface area contributed by atoms with Crippen LogP contribution in [0.5, 0.6) is 0 Å². The zero-order chi connectivity index (χ0) is 20.7. The summed E-state index contributed by atoms with van der Waals surface area (Å²) in [4.78, 5) is 14.1. The highest BCUT2D eigenvalue weighted by Gasteiger charge is 2.33. The molecule has 0 N–H and O–H groups in total. The molecule has 1 amide bonds. The van der Waals surface area contributed by atoms with Gasteiger partial charge in [-0.2, -0.15) is 0 Å². The molecule has 0 aliphatic carbocycles. The van der Waals surface area contributed by atoms with E-state index in [9.17, 15) is 17.6 Å². The SMILES string of the molecule is CC(C)(C)OC(=O)N1CC=C(S(=O)(=O)c2ccc(F)cc2)c2ccc(Br)cc21. The number of halogens is 2. The summed E-state index contributed by atoms with van der Waals surface area (Å²) in [6.07, 6.45) is 0.903. The number of amides is 1. The summed E-state index contributed by atoms with van der Waals surface area (Å²) < 4.78 is 45.6. The Morgan fingerprint density at radius 2 is 1.79 bits per heavy atom. The van der Waals surface area contributed by atoms with Gasteiger partial charge in [0.15, 0.2) is 0 Å². The van der Waals surface area contributed by atoms with Crippen LogP contribution in [0.15, 0.2) is 57.9 Å². The van der Waals surface area contributed by atoms with Crippen LogP contribution in [0, 0.1) is 5.82 Å². The molecule has 0 atom stereocenters. The predicted molar refractivity (Wildman–Crippen MR) is 109 cm³/mol. The fourth-order valence-electron chi connectivity index (χ4n) is 2.80. The quantitative estimate of drug-likeness (QED) is 0.572. The van der Waals surface area contributed by atoms with Gasteiger partial charge in [0, 0.05) is 16.6 Å². The van der Waals surface area contributed by atoms with Crippen molar-refractivity contribution in [3.8, 4) is 0 Å². The normalized spacial score (nSPS) is 14.3. The highest BCUT2D eigenvalue weighted by molar-refractivity contribution is 9.10. The van der Waals surface area contributed by atoms with Crippen LogP contribution in [0.1, 0.15) is 26.3 Å². The van der Waals surface area contributed by atoms with E-state index in [4.69, 9.17) is 4.74 Å². The van der Waals surface area contributed by atoms with Crippen molar-refractivity contribution in [2.75, 3.05) is 11.4 Å². The van der Waals surface area contributed by atoms with Crippen molar-refractivity contribution in [1.82, 2.24) is 0 Å². The number of benzene rings is 2. The molecule has 8 heteroatoms. The number of hydrogen-bond acceptors (Lipinski definition) is 4. The van der Waals surface area contributed by atoms with E-state index in [2.05, 4.69) is 15.9 Å². The topological polar surface area (TPSA) is 63.7 Å². The third-order valence-corrected chi connectivity index (χ3v) is 6.35. The number of rotatable bonds is 2. The first kappa shape index (κ1) is 20.5. The second-order valence-electron chi connectivity index (χ2n) is 7.28. The van der Waals surface area contributed by atoms with Crippen molar-refractivity contribution in [2.24, 2.45) is 0 Å². The molecular weight excluding hydrogens is 449 g/mol. The standard InChI is InChI=1S/C20H19BrFNO4S/c1-20(2,3)27-19(24)23-11-10-18(16-9-4-13(21)12-17(16)23)28(25,26)15-7-5-14(22)6-8-15/h4-10,12H,11H2,1-3H3. The van der Waals surface area contributed by atoms with Crippen molar-refractivity contribution in [1.29, 1.82) is 0 Å². The van der Waals surface area contributed by atoms with Gasteiger partial charge in [-0.3, -0.25) is 4.90 Å². The van der Waals surface area contributed by atoms with Gasteiger partial charge in [0.2, 0.25) is 9.84 Å². The van der Waals surface area contributed by atoms with Gasteiger partial charge < -0.3 is 4.74 Å². The van der Waals surface area contributed by atoms with Crippen molar-refractivity contribution < 1.29 is 22.3 Å². The number of carbonyl (C=O) groups excluding carboxylic acids is 1. The van der Waals surface area contributed by atoms with Gasteiger partial charge in [-0.15, -0.1) is 0 Å². The van der Waals surface area contributed by atoms with Gasteiger partial charge in [0.25, 0.3) is 0 Å². The lowest BCUT2D eigenvalue weighted by Crippen LogP contribution is -2.39. The molecule has 0 aromatic heterocycles. The molecule has 1 aliphatic rings. The molecule has 0 saturated carbocycles. The maximum atomic E-state index is 13.2. The Morgan fingerprint density at radius 3 is 2.39 bits per heavy atom. The lowest BCUT2D eigenvalue weighted by molar-refractivity contribution is 0.0584. The molecular formula is C20H19BrFNO4S. The number of hydrogen-bond donors (Lipinski definition) is 0. The average molecular weight is 468 g/mol. The van der Waals surface area contributed by atoms with E-state index < -0.39 is 27.3 Å². The Hall–Kier alpha value is -2.19. The fraction of sp³-hybridized carbons (Fsp3) is 0.250. The van der Waals surface area contributed by atoms with Crippen LogP contribution in [0.3, 0.4) is 0 Å². The summed E-state index contributed by atoms with van der Waals surface area (Å²) in [6.45, 7) is 5.32. The Morgan fingerprint density at radius 1 is 1.14 bits per heavy atom. The number of ether oxygens (including phenoxy) is 1. The van der Waals surface area contributed by atoms with E-state index in [1.165, 1.54) is 23.1 Å². The third-order valence-electron chi connectivity index (χ3n) is 4.00. The Kier molecular flexibility index (Phi) is 5.38. The zero-order valence-electron chi connectivity index (χ0n) is 15.6. The van der Waals surface area contributed by atoms with Crippen LogP contribution >= 0.6 is 15.9 Å². The molecule has 148 valence electrons. The number of sulfone groups is 1. The predicted octanol–water partition coefficient (Wildman–Crippen LogP) is 5.16. The Labute approximate surface area is 171 Å². The molecule has 0 radical (unpaired) electrons. The van der Waals surface area contributed by atoms with Crippen LogP contribution in [0.4, 0.5) is 14.9 Å². The third kappa shape index (κ3) is 4.12. The van der Waals surface area contributed by atoms with Crippen LogP contribution in [0.2, 0.25) is 0 Å². The summed E-state index contributed by atoms with van der Waals surface area (Å²) in [5.41, 5.74) is 0.115. The first-order chi connectivity index (χ1) is 13.0. The van der Waals surface area contributed by atoms with Crippen LogP contribution in [-0.2, 0) is 14.6 Å². The van der Waals surface area contributed by atoms with E-state index in [1.807, 2.05) is 0 Å². The number of nitrogens with zero attached hydrogens (tertiary/aromatic N) is 1. The summed E-state index contributed by atoms with van der Waals surface area (Å²) in [6, 6.07) is 9.66. The molecule has 5 nitrogen and oxygen atoms in total. The molecule has 0 fully saturated rings. The van der Waals surface area contributed by atoms with Crippen molar-refractivity contribution in [2.45, 2.75) is 31.3 Å². The summed E-state index contributed by atoms with van der Waals surface area (Å²) in [5, 5.41) is 0. The van der Waals surface area contributed by atoms with Gasteiger partial charge in [-0.05, 0) is 63.2 Å². The van der Waals surface area contributed by atoms with Crippen LogP contribution in [-0.4, -0.2) is 26.7 Å². The highest BCUT2D eigenvalue weighted by atomic mass is 79.9. The lowest BCUT2D eigenvalue weighted by Gasteiger charge is -2.31. The van der Waals surface area contributed by atoms with E-state index in [-0.39, 0.29) is 16.3 Å². The monoisotopic (exact) mass is 467 g/mol. The minimum Gasteiger partial charge on any atom is -0.443 e. The molecule has 2 aromatic carbocycles. The van der Waals surface area contributed by atoms with Crippen LogP contribution in [0.25, 0.3) is 4.91 Å². The van der Waals surface area contributed by atoms with Gasteiger partial charge in [-0.1, -0.05) is 22.0 Å². The molecule has 2 aromatic rings. The molecule has 0 spiro atoms. The molecule has 0 saturated heterocycles. The maximum Gasteiger partial charge on any atom is 0.415 e. The van der Waals surface area contributed by atoms with Crippen LogP contribution < -0.4 is 4.90 Å². The summed E-state index contributed by atoms with van der Waals surface area (Å²) >= 11 is 3.36. The first-order valence-corrected chi connectivity index (χ1v) is 10.8. The molecule has 0 unspecified atom stereocenters. The Balaban J connectivity index is 2.07. The number of carbonyl (C=O) groups is 1. The second-order valence-corrected chi connectivity index (χ2v) is 10.1.